The highest BCUT2D eigenvalue weighted by molar-refractivity contribution is 14.1. The molecule has 0 aliphatic carbocycles. The molecule has 3 heterocycles. The largest absolute Gasteiger partial charge is 0.370 e. The fraction of sp³-hybridized carbons (Fsp3) is 0.385. The lowest BCUT2D eigenvalue weighted by Gasteiger charge is -2.30. The predicted octanol–water partition coefficient (Wildman–Crippen LogP) is 3.07. The molecule has 0 N–H and O–H groups in total. The summed E-state index contributed by atoms with van der Waals surface area (Å²) in [7, 11) is 0. The average molecular weight is 384 g/mol. The standard InChI is InChI=1S/C13H13IN4S/c14-12-8-18(19)13-11(12)5-10(7-16-13)17-3-1-9(6-15)2-4-17/h5,7-9,19H,1-4H2. The van der Waals surface area contributed by atoms with E-state index in [0.29, 0.717) is 0 Å². The maximum atomic E-state index is 8.94. The first-order chi connectivity index (χ1) is 9.19. The molecule has 0 saturated carbocycles. The van der Waals surface area contributed by atoms with E-state index in [1.807, 2.05) is 12.4 Å². The molecule has 1 aliphatic heterocycles. The zero-order valence-electron chi connectivity index (χ0n) is 10.3. The van der Waals surface area contributed by atoms with Crippen LogP contribution >= 0.6 is 35.4 Å². The van der Waals surface area contributed by atoms with Crippen LogP contribution in [0.5, 0.6) is 0 Å². The van der Waals surface area contributed by atoms with Crippen molar-refractivity contribution in [2.75, 3.05) is 18.0 Å². The van der Waals surface area contributed by atoms with Crippen molar-refractivity contribution in [2.45, 2.75) is 12.8 Å². The maximum Gasteiger partial charge on any atom is 0.150 e. The van der Waals surface area contributed by atoms with Crippen LogP contribution in [0.3, 0.4) is 0 Å². The molecule has 1 saturated heterocycles. The number of anilines is 1. The van der Waals surface area contributed by atoms with E-state index in [4.69, 9.17) is 5.26 Å². The van der Waals surface area contributed by atoms with Crippen molar-refractivity contribution in [3.05, 3.63) is 22.0 Å². The second-order valence-corrected chi connectivity index (χ2v) is 6.37. The molecule has 98 valence electrons. The lowest BCUT2D eigenvalue weighted by Crippen LogP contribution is -2.33. The zero-order valence-corrected chi connectivity index (χ0v) is 13.3. The van der Waals surface area contributed by atoms with Crippen molar-refractivity contribution in [1.29, 1.82) is 5.26 Å². The number of pyridine rings is 1. The van der Waals surface area contributed by atoms with Gasteiger partial charge >= 0.3 is 0 Å². The molecule has 0 spiro atoms. The van der Waals surface area contributed by atoms with Gasteiger partial charge in [-0.3, -0.25) is 3.97 Å². The zero-order chi connectivity index (χ0) is 13.4. The summed E-state index contributed by atoms with van der Waals surface area (Å²) in [6, 6.07) is 4.53. The highest BCUT2D eigenvalue weighted by Gasteiger charge is 2.19. The van der Waals surface area contributed by atoms with Gasteiger partial charge in [-0.05, 0) is 41.5 Å². The molecule has 0 atom stereocenters. The molecule has 3 rings (SSSR count). The Morgan fingerprint density at radius 2 is 2.16 bits per heavy atom. The SMILES string of the molecule is N#CC1CCN(c2cnc3c(c2)c(I)cn3S)CC1. The van der Waals surface area contributed by atoms with Crippen LogP contribution in [0.4, 0.5) is 5.69 Å². The number of rotatable bonds is 1. The van der Waals surface area contributed by atoms with Crippen molar-refractivity contribution in [1.82, 2.24) is 8.96 Å². The molecule has 19 heavy (non-hydrogen) atoms. The predicted molar refractivity (Wildman–Crippen MR) is 87.4 cm³/mol. The first-order valence-corrected chi connectivity index (χ1v) is 7.67. The molecule has 1 fully saturated rings. The van der Waals surface area contributed by atoms with Crippen molar-refractivity contribution in [3.8, 4) is 6.07 Å². The first kappa shape index (κ1) is 13.1. The molecule has 6 heteroatoms. The molecule has 0 radical (unpaired) electrons. The highest BCUT2D eigenvalue weighted by Crippen LogP contribution is 2.28. The topological polar surface area (TPSA) is 44.9 Å². The van der Waals surface area contributed by atoms with E-state index in [1.54, 1.807) is 3.97 Å². The number of nitrogens with zero attached hydrogens (tertiary/aromatic N) is 4. The summed E-state index contributed by atoms with van der Waals surface area (Å²) in [4.78, 5) is 6.80. The quantitative estimate of drug-likeness (QED) is 0.607. The number of halogens is 1. The van der Waals surface area contributed by atoms with Crippen LogP contribution in [0, 0.1) is 20.8 Å². The third kappa shape index (κ3) is 2.41. The summed E-state index contributed by atoms with van der Waals surface area (Å²) >= 11 is 6.66. The van der Waals surface area contributed by atoms with Crippen LogP contribution in [-0.2, 0) is 0 Å². The number of nitriles is 1. The lowest BCUT2D eigenvalue weighted by atomic mass is 9.98. The Morgan fingerprint density at radius 3 is 2.84 bits per heavy atom. The first-order valence-electron chi connectivity index (χ1n) is 6.19. The Kier molecular flexibility index (Phi) is 3.58. The third-order valence-corrected chi connectivity index (χ3v) is 4.77. The molecule has 1 aliphatic rings. The van der Waals surface area contributed by atoms with Crippen LogP contribution in [0.1, 0.15) is 12.8 Å². The molecular formula is C13H13IN4S. The number of hydrogen-bond donors (Lipinski definition) is 1. The minimum Gasteiger partial charge on any atom is -0.370 e. The minimum atomic E-state index is 0.214. The summed E-state index contributed by atoms with van der Waals surface area (Å²) in [5.74, 6) is 0.214. The molecular weight excluding hydrogens is 371 g/mol. The smallest absolute Gasteiger partial charge is 0.150 e. The van der Waals surface area contributed by atoms with Crippen molar-refractivity contribution >= 4 is 52.1 Å². The van der Waals surface area contributed by atoms with E-state index in [2.05, 4.69) is 57.4 Å². The van der Waals surface area contributed by atoms with Gasteiger partial charge in [-0.2, -0.15) is 5.26 Å². The molecule has 0 amide bonds. The Morgan fingerprint density at radius 1 is 1.42 bits per heavy atom. The number of thiol groups is 1. The Hall–Kier alpha value is -0.940. The second-order valence-electron chi connectivity index (χ2n) is 4.78. The fourth-order valence-electron chi connectivity index (χ4n) is 2.48. The van der Waals surface area contributed by atoms with Crippen molar-refractivity contribution in [3.63, 3.8) is 0 Å². The van der Waals surface area contributed by atoms with E-state index in [-0.39, 0.29) is 5.92 Å². The van der Waals surface area contributed by atoms with Crippen LogP contribution in [0.2, 0.25) is 0 Å². The normalized spacial score (nSPS) is 16.8. The van der Waals surface area contributed by atoms with Gasteiger partial charge in [0.1, 0.15) is 0 Å². The van der Waals surface area contributed by atoms with Crippen molar-refractivity contribution < 1.29 is 0 Å². The summed E-state index contributed by atoms with van der Waals surface area (Å²) < 4.78 is 2.91. The maximum absolute atomic E-state index is 8.94. The van der Waals surface area contributed by atoms with Gasteiger partial charge in [0, 0.05) is 34.2 Å². The third-order valence-electron chi connectivity index (χ3n) is 3.60. The highest BCUT2D eigenvalue weighted by atomic mass is 127. The van der Waals surface area contributed by atoms with Gasteiger partial charge in [-0.15, -0.1) is 0 Å². The Bertz CT molecular complexity index is 652. The summed E-state index contributed by atoms with van der Waals surface area (Å²) in [5, 5.41) is 10.1. The molecule has 0 unspecified atom stereocenters. The Balaban J connectivity index is 1.90. The second kappa shape index (κ2) is 5.21. The fourth-order valence-corrected chi connectivity index (χ4v) is 3.65. The van der Waals surface area contributed by atoms with E-state index in [9.17, 15) is 0 Å². The average Bonchev–Trinajstić information content (AvgIpc) is 2.74. The van der Waals surface area contributed by atoms with E-state index < -0.39 is 0 Å². The van der Waals surface area contributed by atoms with Crippen LogP contribution in [0.25, 0.3) is 11.0 Å². The van der Waals surface area contributed by atoms with E-state index in [0.717, 1.165) is 46.2 Å². The number of fused-ring (bicyclic) bond motifs is 1. The molecule has 4 nitrogen and oxygen atoms in total. The van der Waals surface area contributed by atoms with Gasteiger partial charge < -0.3 is 4.90 Å². The summed E-state index contributed by atoms with van der Waals surface area (Å²) in [5.41, 5.74) is 2.03. The Labute approximate surface area is 131 Å². The van der Waals surface area contributed by atoms with E-state index in [1.165, 1.54) is 0 Å². The molecule has 0 aromatic carbocycles. The lowest BCUT2D eigenvalue weighted by molar-refractivity contribution is 0.487. The van der Waals surface area contributed by atoms with Crippen molar-refractivity contribution in [2.24, 2.45) is 5.92 Å². The molecule has 2 aromatic rings. The minimum absolute atomic E-state index is 0.214. The van der Waals surface area contributed by atoms with Crippen LogP contribution in [0.15, 0.2) is 18.5 Å². The van der Waals surface area contributed by atoms with Crippen LogP contribution < -0.4 is 4.90 Å². The van der Waals surface area contributed by atoms with Gasteiger partial charge in [0.15, 0.2) is 5.65 Å². The number of piperidine rings is 1. The summed E-state index contributed by atoms with van der Waals surface area (Å²) in [6.07, 6.45) is 5.75. The number of aromatic nitrogens is 2. The molecule has 2 aromatic heterocycles. The van der Waals surface area contributed by atoms with Gasteiger partial charge in [0.25, 0.3) is 0 Å². The van der Waals surface area contributed by atoms with Gasteiger partial charge in [-0.25, -0.2) is 4.98 Å². The van der Waals surface area contributed by atoms with Crippen LogP contribution in [-0.4, -0.2) is 22.0 Å². The summed E-state index contributed by atoms with van der Waals surface area (Å²) in [6.45, 7) is 1.87. The van der Waals surface area contributed by atoms with E-state index >= 15 is 0 Å². The van der Waals surface area contributed by atoms with Gasteiger partial charge in [0.2, 0.25) is 0 Å². The van der Waals surface area contributed by atoms with Gasteiger partial charge in [-0.1, -0.05) is 12.8 Å². The van der Waals surface area contributed by atoms with Gasteiger partial charge in [0.05, 0.1) is 18.0 Å². The number of hydrogen-bond acceptors (Lipinski definition) is 4. The molecule has 0 bridgehead atoms. The monoisotopic (exact) mass is 384 g/mol.